The Labute approximate surface area is 55.9 Å². The third-order valence-corrected chi connectivity index (χ3v) is 1.87. The lowest BCUT2D eigenvalue weighted by Crippen LogP contribution is -2.28. The van der Waals surface area contributed by atoms with Gasteiger partial charge in [-0.2, -0.15) is 0 Å². The first-order valence-electron chi connectivity index (χ1n) is 3.33. The highest BCUT2D eigenvalue weighted by Crippen LogP contribution is 2.24. The Kier molecular flexibility index (Phi) is 1.58. The first-order chi connectivity index (χ1) is 4.15. The van der Waals surface area contributed by atoms with Gasteiger partial charge in [0, 0.05) is 12.1 Å². The molecule has 0 spiro atoms. The van der Waals surface area contributed by atoms with Crippen LogP contribution in [0.5, 0.6) is 0 Å². The molecule has 52 valence electrons. The molecule has 0 aromatic carbocycles. The summed E-state index contributed by atoms with van der Waals surface area (Å²) in [4.78, 5) is 4.22. The minimum Gasteiger partial charge on any atom is -0.348 e. The third-order valence-electron chi connectivity index (χ3n) is 1.87. The molecule has 1 rings (SSSR count). The largest absolute Gasteiger partial charge is 0.348 e. The Morgan fingerprint density at radius 2 is 2.33 bits per heavy atom. The molecule has 1 aliphatic heterocycles. The summed E-state index contributed by atoms with van der Waals surface area (Å²) in [5.74, 6) is 0.469. The van der Waals surface area contributed by atoms with Gasteiger partial charge in [0.15, 0.2) is 5.72 Å². The second-order valence-electron chi connectivity index (χ2n) is 2.83. The molecule has 0 N–H and O–H groups in total. The summed E-state index contributed by atoms with van der Waals surface area (Å²) < 4.78 is 5.38. The van der Waals surface area contributed by atoms with E-state index in [9.17, 15) is 0 Å². The van der Waals surface area contributed by atoms with Crippen LogP contribution in [0.3, 0.4) is 0 Å². The van der Waals surface area contributed by atoms with Crippen molar-refractivity contribution in [3.8, 4) is 0 Å². The molecule has 0 aliphatic carbocycles. The van der Waals surface area contributed by atoms with Crippen molar-refractivity contribution in [2.24, 2.45) is 10.9 Å². The number of rotatable bonds is 1. The van der Waals surface area contributed by atoms with Crippen molar-refractivity contribution in [2.45, 2.75) is 26.5 Å². The molecular formula is C7H13NO. The van der Waals surface area contributed by atoms with Crippen molar-refractivity contribution in [1.29, 1.82) is 0 Å². The fourth-order valence-electron chi connectivity index (χ4n) is 0.778. The highest BCUT2D eigenvalue weighted by Gasteiger charge is 2.30. The molecule has 0 saturated carbocycles. The van der Waals surface area contributed by atoms with E-state index in [1.54, 1.807) is 0 Å². The van der Waals surface area contributed by atoms with Crippen LogP contribution in [0, 0.1) is 5.92 Å². The van der Waals surface area contributed by atoms with Crippen molar-refractivity contribution < 1.29 is 4.74 Å². The maximum atomic E-state index is 5.38. The fourth-order valence-corrected chi connectivity index (χ4v) is 0.778. The van der Waals surface area contributed by atoms with Gasteiger partial charge in [-0.05, 0) is 6.92 Å². The monoisotopic (exact) mass is 127 g/mol. The Balaban J connectivity index is 2.62. The Hall–Kier alpha value is -0.370. The van der Waals surface area contributed by atoms with Crippen LogP contribution in [0.4, 0.5) is 0 Å². The van der Waals surface area contributed by atoms with E-state index in [0.717, 1.165) is 0 Å². The second-order valence-corrected chi connectivity index (χ2v) is 2.83. The third kappa shape index (κ3) is 1.13. The van der Waals surface area contributed by atoms with E-state index in [2.05, 4.69) is 18.8 Å². The maximum Gasteiger partial charge on any atom is 0.158 e. The molecule has 0 amide bonds. The molecule has 0 aromatic heterocycles. The van der Waals surface area contributed by atoms with Gasteiger partial charge in [-0.25, -0.2) is 0 Å². The van der Waals surface area contributed by atoms with Crippen LogP contribution in [-0.4, -0.2) is 18.5 Å². The summed E-state index contributed by atoms with van der Waals surface area (Å²) >= 11 is 0. The highest BCUT2D eigenvalue weighted by atomic mass is 16.5. The first-order valence-corrected chi connectivity index (χ1v) is 3.33. The van der Waals surface area contributed by atoms with Crippen LogP contribution >= 0.6 is 0 Å². The van der Waals surface area contributed by atoms with Gasteiger partial charge in [-0.15, -0.1) is 0 Å². The fraction of sp³-hybridized carbons (Fsp3) is 0.857. The number of nitrogens with zero attached hydrogens (tertiary/aromatic N) is 1. The minimum atomic E-state index is -0.236. The molecule has 0 fully saturated rings. The van der Waals surface area contributed by atoms with Gasteiger partial charge in [-0.3, -0.25) is 4.99 Å². The van der Waals surface area contributed by atoms with Crippen molar-refractivity contribution in [3.63, 3.8) is 0 Å². The van der Waals surface area contributed by atoms with E-state index in [4.69, 9.17) is 4.74 Å². The summed E-state index contributed by atoms with van der Waals surface area (Å²) in [5, 5.41) is 0. The van der Waals surface area contributed by atoms with E-state index in [1.165, 1.54) is 0 Å². The molecule has 0 bridgehead atoms. The Morgan fingerprint density at radius 1 is 1.67 bits per heavy atom. The van der Waals surface area contributed by atoms with Crippen LogP contribution < -0.4 is 0 Å². The lowest BCUT2D eigenvalue weighted by Gasteiger charge is -2.24. The first kappa shape index (κ1) is 6.75. The van der Waals surface area contributed by atoms with Crippen LogP contribution in [0.2, 0.25) is 0 Å². The number of aliphatic imine (C=N–C) groups is 1. The van der Waals surface area contributed by atoms with Gasteiger partial charge < -0.3 is 4.74 Å². The second kappa shape index (κ2) is 2.10. The topological polar surface area (TPSA) is 21.6 Å². The van der Waals surface area contributed by atoms with E-state index in [-0.39, 0.29) is 5.72 Å². The van der Waals surface area contributed by atoms with E-state index in [1.807, 2.05) is 13.1 Å². The van der Waals surface area contributed by atoms with Crippen LogP contribution in [0.1, 0.15) is 20.8 Å². The van der Waals surface area contributed by atoms with Crippen molar-refractivity contribution in [2.75, 3.05) is 6.61 Å². The normalized spacial score (nSPS) is 34.2. The molecule has 9 heavy (non-hydrogen) atoms. The maximum absolute atomic E-state index is 5.38. The quantitative estimate of drug-likeness (QED) is 0.522. The summed E-state index contributed by atoms with van der Waals surface area (Å²) in [5.41, 5.74) is -0.236. The summed E-state index contributed by atoms with van der Waals surface area (Å²) in [6, 6.07) is 0. The molecule has 1 atom stereocenters. The zero-order chi connectivity index (χ0) is 6.91. The van der Waals surface area contributed by atoms with Crippen LogP contribution in [0.15, 0.2) is 4.99 Å². The molecular weight excluding hydrogens is 114 g/mol. The van der Waals surface area contributed by atoms with Gasteiger partial charge in [0.05, 0.1) is 6.61 Å². The summed E-state index contributed by atoms with van der Waals surface area (Å²) in [6.45, 7) is 6.92. The number of hydrogen-bond acceptors (Lipinski definition) is 2. The van der Waals surface area contributed by atoms with Crippen LogP contribution in [0.25, 0.3) is 0 Å². The van der Waals surface area contributed by atoms with Gasteiger partial charge in [0.1, 0.15) is 0 Å². The standard InChI is InChI=1S/C7H13NO/c1-6(2)7(3)8-4-5-9-7/h4,6H,5H2,1-3H3. The average Bonchev–Trinajstić information content (AvgIpc) is 2.16. The predicted octanol–water partition coefficient (Wildman–Crippen LogP) is 1.46. The predicted molar refractivity (Wildman–Crippen MR) is 37.7 cm³/mol. The molecule has 1 unspecified atom stereocenters. The summed E-state index contributed by atoms with van der Waals surface area (Å²) in [6.07, 6.45) is 1.83. The molecule has 1 aliphatic rings. The molecule has 2 heteroatoms. The lowest BCUT2D eigenvalue weighted by molar-refractivity contribution is -0.0211. The van der Waals surface area contributed by atoms with Gasteiger partial charge in [-0.1, -0.05) is 13.8 Å². The van der Waals surface area contributed by atoms with Crippen molar-refractivity contribution >= 4 is 6.21 Å². The van der Waals surface area contributed by atoms with E-state index < -0.39 is 0 Å². The van der Waals surface area contributed by atoms with Gasteiger partial charge >= 0.3 is 0 Å². The lowest BCUT2D eigenvalue weighted by atomic mass is 10.0. The molecule has 1 heterocycles. The SMILES string of the molecule is CC(C)C1(C)N=CCO1. The number of ether oxygens (including phenoxy) is 1. The zero-order valence-corrected chi connectivity index (χ0v) is 6.22. The Bertz CT molecular complexity index is 131. The molecule has 0 aromatic rings. The number of hydrogen-bond donors (Lipinski definition) is 0. The van der Waals surface area contributed by atoms with E-state index >= 15 is 0 Å². The minimum absolute atomic E-state index is 0.236. The zero-order valence-electron chi connectivity index (χ0n) is 6.22. The average molecular weight is 127 g/mol. The smallest absolute Gasteiger partial charge is 0.158 e. The van der Waals surface area contributed by atoms with Crippen molar-refractivity contribution in [1.82, 2.24) is 0 Å². The van der Waals surface area contributed by atoms with Crippen LogP contribution in [-0.2, 0) is 4.74 Å². The highest BCUT2D eigenvalue weighted by molar-refractivity contribution is 5.61. The Morgan fingerprint density at radius 3 is 2.56 bits per heavy atom. The molecule has 0 radical (unpaired) electrons. The van der Waals surface area contributed by atoms with E-state index in [0.29, 0.717) is 12.5 Å². The van der Waals surface area contributed by atoms with Gasteiger partial charge in [0.2, 0.25) is 0 Å². The summed E-state index contributed by atoms with van der Waals surface area (Å²) in [7, 11) is 0. The van der Waals surface area contributed by atoms with Crippen molar-refractivity contribution in [3.05, 3.63) is 0 Å². The van der Waals surface area contributed by atoms with Gasteiger partial charge in [0.25, 0.3) is 0 Å². The molecule has 2 nitrogen and oxygen atoms in total. The molecule has 0 saturated heterocycles.